The topological polar surface area (TPSA) is 15.3 Å². The number of nitrogens with zero attached hydrogens (tertiary/aromatic N) is 1. The number of hydrogen-bond acceptors (Lipinski definition) is 2. The van der Waals surface area contributed by atoms with Gasteiger partial charge in [-0.3, -0.25) is 4.90 Å². The van der Waals surface area contributed by atoms with Crippen LogP contribution in [-0.2, 0) is 0 Å². The maximum absolute atomic E-state index is 3.31. The van der Waals surface area contributed by atoms with Gasteiger partial charge in [0.2, 0.25) is 0 Å². The van der Waals surface area contributed by atoms with Crippen molar-refractivity contribution in [2.24, 2.45) is 5.92 Å². The Bertz CT molecular complexity index is 388. The Hall–Kier alpha value is -0.860. The average molecular weight is 274 g/mol. The molecule has 0 radical (unpaired) electrons. The number of nitrogens with one attached hydrogen (secondary N) is 1. The quantitative estimate of drug-likeness (QED) is 0.878. The lowest BCUT2D eigenvalue weighted by atomic mass is 9.94. The van der Waals surface area contributed by atoms with Gasteiger partial charge in [-0.15, -0.1) is 0 Å². The highest BCUT2D eigenvalue weighted by Gasteiger charge is 2.23. The number of benzene rings is 1. The molecule has 2 heteroatoms. The molecule has 0 aromatic heterocycles. The molecule has 1 saturated heterocycles. The van der Waals surface area contributed by atoms with Crippen molar-refractivity contribution < 1.29 is 0 Å². The molecule has 1 aromatic rings. The minimum atomic E-state index is 0.548. The summed E-state index contributed by atoms with van der Waals surface area (Å²) >= 11 is 0. The highest BCUT2D eigenvalue weighted by atomic mass is 15.2. The predicted octanol–water partition coefficient (Wildman–Crippen LogP) is 3.80. The summed E-state index contributed by atoms with van der Waals surface area (Å²) in [5.41, 5.74) is 2.90. The van der Waals surface area contributed by atoms with E-state index in [9.17, 15) is 0 Å². The van der Waals surface area contributed by atoms with E-state index in [1.807, 2.05) is 0 Å². The monoisotopic (exact) mass is 274 g/mol. The SMILES string of the molecule is CNCC1CCN(C(C)c2ccc(C(C)C)cc2)CC1. The van der Waals surface area contributed by atoms with Gasteiger partial charge in [-0.1, -0.05) is 38.1 Å². The number of hydrogen-bond donors (Lipinski definition) is 1. The lowest BCUT2D eigenvalue weighted by molar-refractivity contribution is 0.141. The molecule has 1 heterocycles. The van der Waals surface area contributed by atoms with Gasteiger partial charge in [-0.05, 0) is 69.4 Å². The van der Waals surface area contributed by atoms with E-state index in [4.69, 9.17) is 0 Å². The van der Waals surface area contributed by atoms with Crippen LogP contribution >= 0.6 is 0 Å². The fourth-order valence-corrected chi connectivity index (χ4v) is 3.20. The first-order chi connectivity index (χ1) is 9.61. The molecule has 1 aliphatic heterocycles. The van der Waals surface area contributed by atoms with Crippen LogP contribution in [0.25, 0.3) is 0 Å². The second kappa shape index (κ2) is 7.24. The minimum absolute atomic E-state index is 0.548. The molecule has 2 rings (SSSR count). The number of likely N-dealkylation sites (tertiary alicyclic amines) is 1. The molecular formula is C18H30N2. The van der Waals surface area contributed by atoms with Crippen LogP contribution in [-0.4, -0.2) is 31.6 Å². The summed E-state index contributed by atoms with van der Waals surface area (Å²) in [6.45, 7) is 10.5. The molecule has 20 heavy (non-hydrogen) atoms. The first-order valence-electron chi connectivity index (χ1n) is 8.10. The van der Waals surface area contributed by atoms with E-state index in [1.54, 1.807) is 0 Å². The zero-order chi connectivity index (χ0) is 14.5. The molecule has 112 valence electrons. The van der Waals surface area contributed by atoms with Gasteiger partial charge in [0, 0.05) is 6.04 Å². The molecule has 0 amide bonds. The highest BCUT2D eigenvalue weighted by molar-refractivity contribution is 5.26. The maximum atomic E-state index is 3.31. The lowest BCUT2D eigenvalue weighted by Gasteiger charge is -2.36. The third-order valence-corrected chi connectivity index (χ3v) is 4.78. The summed E-state index contributed by atoms with van der Waals surface area (Å²) in [5, 5.41) is 3.31. The van der Waals surface area contributed by atoms with Gasteiger partial charge in [-0.2, -0.15) is 0 Å². The van der Waals surface area contributed by atoms with Crippen molar-refractivity contribution in [1.29, 1.82) is 0 Å². The Labute approximate surface area is 124 Å². The third kappa shape index (κ3) is 3.83. The smallest absolute Gasteiger partial charge is 0.0319 e. The van der Waals surface area contributed by atoms with Gasteiger partial charge >= 0.3 is 0 Å². The molecule has 1 aromatic carbocycles. The van der Waals surface area contributed by atoms with E-state index in [-0.39, 0.29) is 0 Å². The Morgan fingerprint density at radius 1 is 1.05 bits per heavy atom. The van der Waals surface area contributed by atoms with E-state index in [2.05, 4.69) is 62.3 Å². The van der Waals surface area contributed by atoms with E-state index in [0.717, 1.165) is 5.92 Å². The van der Waals surface area contributed by atoms with Crippen molar-refractivity contribution in [2.75, 3.05) is 26.7 Å². The highest BCUT2D eigenvalue weighted by Crippen LogP contribution is 2.27. The zero-order valence-electron chi connectivity index (χ0n) is 13.5. The maximum Gasteiger partial charge on any atom is 0.0319 e. The van der Waals surface area contributed by atoms with Crippen molar-refractivity contribution in [3.05, 3.63) is 35.4 Å². The number of rotatable bonds is 5. The van der Waals surface area contributed by atoms with E-state index >= 15 is 0 Å². The summed E-state index contributed by atoms with van der Waals surface area (Å²) in [4.78, 5) is 2.64. The third-order valence-electron chi connectivity index (χ3n) is 4.78. The molecule has 1 aliphatic rings. The number of piperidine rings is 1. The average Bonchev–Trinajstić information content (AvgIpc) is 2.48. The standard InChI is InChI=1S/C18H30N2/c1-14(2)17-5-7-18(8-6-17)15(3)20-11-9-16(10-12-20)13-19-4/h5-8,14-16,19H,9-13H2,1-4H3. The van der Waals surface area contributed by atoms with Crippen LogP contribution in [0.4, 0.5) is 0 Å². The van der Waals surface area contributed by atoms with Crippen molar-refractivity contribution >= 4 is 0 Å². The van der Waals surface area contributed by atoms with Crippen molar-refractivity contribution in [3.8, 4) is 0 Å². The molecule has 1 unspecified atom stereocenters. The van der Waals surface area contributed by atoms with Crippen LogP contribution in [0.5, 0.6) is 0 Å². The van der Waals surface area contributed by atoms with Gasteiger partial charge < -0.3 is 5.32 Å². The molecule has 0 spiro atoms. The lowest BCUT2D eigenvalue weighted by Crippen LogP contribution is -2.38. The molecule has 0 aliphatic carbocycles. The first kappa shape index (κ1) is 15.5. The van der Waals surface area contributed by atoms with Crippen LogP contribution in [0, 0.1) is 5.92 Å². The van der Waals surface area contributed by atoms with Gasteiger partial charge in [0.1, 0.15) is 0 Å². The van der Waals surface area contributed by atoms with Crippen LogP contribution in [0.2, 0.25) is 0 Å². The Balaban J connectivity index is 1.93. The van der Waals surface area contributed by atoms with Gasteiger partial charge in [0.25, 0.3) is 0 Å². The second-order valence-electron chi connectivity index (χ2n) is 6.53. The molecule has 0 saturated carbocycles. The Morgan fingerprint density at radius 3 is 2.10 bits per heavy atom. The molecule has 0 bridgehead atoms. The summed E-state index contributed by atoms with van der Waals surface area (Å²) in [6, 6.07) is 9.78. The molecular weight excluding hydrogens is 244 g/mol. The largest absolute Gasteiger partial charge is 0.319 e. The van der Waals surface area contributed by atoms with Crippen LogP contribution in [0.15, 0.2) is 24.3 Å². The van der Waals surface area contributed by atoms with E-state index in [0.29, 0.717) is 12.0 Å². The fraction of sp³-hybridized carbons (Fsp3) is 0.667. The normalized spacial score (nSPS) is 19.4. The summed E-state index contributed by atoms with van der Waals surface area (Å²) in [5.74, 6) is 1.49. The minimum Gasteiger partial charge on any atom is -0.319 e. The van der Waals surface area contributed by atoms with Crippen molar-refractivity contribution in [1.82, 2.24) is 10.2 Å². The Kier molecular flexibility index (Phi) is 5.62. The van der Waals surface area contributed by atoms with E-state index in [1.165, 1.54) is 43.6 Å². The fourth-order valence-electron chi connectivity index (χ4n) is 3.20. The zero-order valence-corrected chi connectivity index (χ0v) is 13.5. The summed E-state index contributed by atoms with van der Waals surface area (Å²) in [7, 11) is 2.06. The first-order valence-corrected chi connectivity index (χ1v) is 8.10. The van der Waals surface area contributed by atoms with Crippen molar-refractivity contribution in [2.45, 2.75) is 45.6 Å². The predicted molar refractivity (Wildman–Crippen MR) is 87.2 cm³/mol. The second-order valence-corrected chi connectivity index (χ2v) is 6.53. The van der Waals surface area contributed by atoms with Crippen LogP contribution < -0.4 is 5.32 Å². The summed E-state index contributed by atoms with van der Waals surface area (Å²) in [6.07, 6.45) is 2.66. The molecule has 2 nitrogen and oxygen atoms in total. The van der Waals surface area contributed by atoms with Gasteiger partial charge in [0.15, 0.2) is 0 Å². The van der Waals surface area contributed by atoms with Gasteiger partial charge in [-0.25, -0.2) is 0 Å². The van der Waals surface area contributed by atoms with Crippen LogP contribution in [0.1, 0.15) is 56.7 Å². The summed E-state index contributed by atoms with van der Waals surface area (Å²) < 4.78 is 0. The Morgan fingerprint density at radius 2 is 1.60 bits per heavy atom. The molecule has 1 N–H and O–H groups in total. The molecule has 1 fully saturated rings. The molecule has 1 atom stereocenters. The van der Waals surface area contributed by atoms with Crippen LogP contribution in [0.3, 0.4) is 0 Å². The van der Waals surface area contributed by atoms with Crippen molar-refractivity contribution in [3.63, 3.8) is 0 Å². The van der Waals surface area contributed by atoms with E-state index < -0.39 is 0 Å². The van der Waals surface area contributed by atoms with Gasteiger partial charge in [0.05, 0.1) is 0 Å².